The molecule has 1 aromatic rings. The summed E-state index contributed by atoms with van der Waals surface area (Å²) in [6.45, 7) is 7.76. The molecule has 0 fully saturated rings. The van der Waals surface area contributed by atoms with Crippen LogP contribution in [-0.2, 0) is 0 Å². The van der Waals surface area contributed by atoms with Crippen LogP contribution >= 0.6 is 0 Å². The summed E-state index contributed by atoms with van der Waals surface area (Å²) in [5.41, 5.74) is 2.08. The Morgan fingerprint density at radius 2 is 1.85 bits per heavy atom. The lowest BCUT2D eigenvalue weighted by atomic mass is 10.2. The molecule has 1 nitrogen and oxygen atoms in total. The van der Waals surface area contributed by atoms with Crippen molar-refractivity contribution in [2.45, 2.75) is 13.8 Å². The zero-order valence-electron chi connectivity index (χ0n) is 8.08. The second-order valence-corrected chi connectivity index (χ2v) is 3.01. The molecule has 0 amide bonds. The summed E-state index contributed by atoms with van der Waals surface area (Å²) in [7, 11) is 0. The standard InChI is InChI=1S/C12H14O/c1-10(2)11(3)9-13-12-7-5-4-6-8-12/h4-9H,1H2,2-3H3. The van der Waals surface area contributed by atoms with Gasteiger partial charge in [0.1, 0.15) is 5.75 Å². The third-order valence-corrected chi connectivity index (χ3v) is 1.79. The third kappa shape index (κ3) is 3.16. The molecule has 0 saturated carbocycles. The Balaban J connectivity index is 2.62. The highest BCUT2D eigenvalue weighted by molar-refractivity contribution is 5.26. The van der Waals surface area contributed by atoms with Crippen molar-refractivity contribution >= 4 is 0 Å². The lowest BCUT2D eigenvalue weighted by molar-refractivity contribution is 0.476. The molecule has 13 heavy (non-hydrogen) atoms. The summed E-state index contributed by atoms with van der Waals surface area (Å²) in [5, 5.41) is 0. The predicted molar refractivity (Wildman–Crippen MR) is 55.6 cm³/mol. The van der Waals surface area contributed by atoms with E-state index >= 15 is 0 Å². The van der Waals surface area contributed by atoms with E-state index < -0.39 is 0 Å². The van der Waals surface area contributed by atoms with E-state index in [-0.39, 0.29) is 0 Å². The van der Waals surface area contributed by atoms with E-state index in [9.17, 15) is 0 Å². The Hall–Kier alpha value is -1.50. The van der Waals surface area contributed by atoms with Crippen molar-refractivity contribution in [2.75, 3.05) is 0 Å². The molecule has 0 aliphatic rings. The van der Waals surface area contributed by atoms with Crippen LogP contribution in [-0.4, -0.2) is 0 Å². The number of hydrogen-bond donors (Lipinski definition) is 0. The first-order valence-corrected chi connectivity index (χ1v) is 4.24. The Kier molecular flexibility index (Phi) is 3.32. The number of allylic oxidation sites excluding steroid dienone is 2. The van der Waals surface area contributed by atoms with Gasteiger partial charge in [-0.3, -0.25) is 0 Å². The fourth-order valence-corrected chi connectivity index (χ4v) is 0.756. The molecule has 0 N–H and O–H groups in total. The zero-order chi connectivity index (χ0) is 9.68. The number of hydrogen-bond acceptors (Lipinski definition) is 1. The molecular formula is C12H14O. The van der Waals surface area contributed by atoms with Crippen LogP contribution in [0, 0.1) is 0 Å². The molecule has 1 rings (SSSR count). The normalized spacial score (nSPS) is 11.1. The second kappa shape index (κ2) is 4.51. The molecule has 1 aromatic carbocycles. The van der Waals surface area contributed by atoms with Crippen LogP contribution in [0.15, 0.2) is 54.3 Å². The van der Waals surface area contributed by atoms with E-state index in [1.54, 1.807) is 6.26 Å². The average molecular weight is 174 g/mol. The smallest absolute Gasteiger partial charge is 0.126 e. The second-order valence-electron chi connectivity index (χ2n) is 3.01. The van der Waals surface area contributed by atoms with Crippen LogP contribution in [0.25, 0.3) is 0 Å². The SMILES string of the molecule is C=C(C)C(C)=COc1ccccc1. The minimum absolute atomic E-state index is 0.850. The van der Waals surface area contributed by atoms with E-state index in [0.717, 1.165) is 16.9 Å². The minimum atomic E-state index is 0.850. The minimum Gasteiger partial charge on any atom is -0.465 e. The molecule has 0 saturated heterocycles. The maximum atomic E-state index is 5.41. The van der Waals surface area contributed by atoms with E-state index in [4.69, 9.17) is 4.74 Å². The fraction of sp³-hybridized carbons (Fsp3) is 0.167. The van der Waals surface area contributed by atoms with Crippen LogP contribution in [0.1, 0.15) is 13.8 Å². The monoisotopic (exact) mass is 174 g/mol. The van der Waals surface area contributed by atoms with Crippen molar-refractivity contribution < 1.29 is 4.74 Å². The van der Waals surface area contributed by atoms with E-state index in [1.807, 2.05) is 44.2 Å². The van der Waals surface area contributed by atoms with Crippen molar-refractivity contribution in [1.82, 2.24) is 0 Å². The maximum absolute atomic E-state index is 5.41. The van der Waals surface area contributed by atoms with Gasteiger partial charge in [0, 0.05) is 0 Å². The highest BCUT2D eigenvalue weighted by Crippen LogP contribution is 2.11. The number of benzene rings is 1. The Morgan fingerprint density at radius 3 is 2.38 bits per heavy atom. The van der Waals surface area contributed by atoms with Crippen molar-refractivity contribution in [1.29, 1.82) is 0 Å². The van der Waals surface area contributed by atoms with Crippen LogP contribution < -0.4 is 4.74 Å². The van der Waals surface area contributed by atoms with Crippen LogP contribution in [0.5, 0.6) is 5.75 Å². The fourth-order valence-electron chi connectivity index (χ4n) is 0.756. The van der Waals surface area contributed by atoms with Crippen LogP contribution in [0.3, 0.4) is 0 Å². The first-order chi connectivity index (χ1) is 6.20. The van der Waals surface area contributed by atoms with Gasteiger partial charge in [-0.05, 0) is 31.6 Å². The Morgan fingerprint density at radius 1 is 1.23 bits per heavy atom. The van der Waals surface area contributed by atoms with Crippen LogP contribution in [0.2, 0.25) is 0 Å². The van der Waals surface area contributed by atoms with Crippen molar-refractivity contribution in [2.24, 2.45) is 0 Å². The van der Waals surface area contributed by atoms with E-state index in [1.165, 1.54) is 0 Å². The molecule has 0 spiro atoms. The molecule has 0 heterocycles. The molecule has 0 aromatic heterocycles. The Labute approximate surface area is 79.4 Å². The molecule has 68 valence electrons. The number of ether oxygens (including phenoxy) is 1. The van der Waals surface area contributed by atoms with Gasteiger partial charge in [-0.25, -0.2) is 0 Å². The maximum Gasteiger partial charge on any atom is 0.126 e. The van der Waals surface area contributed by atoms with Gasteiger partial charge in [0.25, 0.3) is 0 Å². The van der Waals surface area contributed by atoms with Crippen molar-refractivity contribution in [3.05, 3.63) is 54.3 Å². The van der Waals surface area contributed by atoms with E-state index in [0.29, 0.717) is 0 Å². The summed E-state index contributed by atoms with van der Waals surface area (Å²) in [6, 6.07) is 9.69. The van der Waals surface area contributed by atoms with Gasteiger partial charge in [-0.2, -0.15) is 0 Å². The molecule has 0 aliphatic carbocycles. The van der Waals surface area contributed by atoms with Crippen molar-refractivity contribution in [3.8, 4) is 5.75 Å². The topological polar surface area (TPSA) is 9.23 Å². The van der Waals surface area contributed by atoms with Gasteiger partial charge in [0.05, 0.1) is 6.26 Å². The lowest BCUT2D eigenvalue weighted by Gasteiger charge is -2.01. The summed E-state index contributed by atoms with van der Waals surface area (Å²) >= 11 is 0. The molecule has 0 unspecified atom stereocenters. The summed E-state index contributed by atoms with van der Waals surface area (Å²) in [6.07, 6.45) is 1.72. The van der Waals surface area contributed by atoms with Gasteiger partial charge < -0.3 is 4.74 Å². The lowest BCUT2D eigenvalue weighted by Crippen LogP contribution is -1.85. The first-order valence-electron chi connectivity index (χ1n) is 4.24. The third-order valence-electron chi connectivity index (χ3n) is 1.79. The summed E-state index contributed by atoms with van der Waals surface area (Å²) in [4.78, 5) is 0. The van der Waals surface area contributed by atoms with Gasteiger partial charge in [0.15, 0.2) is 0 Å². The van der Waals surface area contributed by atoms with Gasteiger partial charge in [-0.1, -0.05) is 30.4 Å². The van der Waals surface area contributed by atoms with Gasteiger partial charge in [-0.15, -0.1) is 0 Å². The molecule has 1 heteroatoms. The number of rotatable bonds is 3. The van der Waals surface area contributed by atoms with Crippen LogP contribution in [0.4, 0.5) is 0 Å². The van der Waals surface area contributed by atoms with Gasteiger partial charge in [0.2, 0.25) is 0 Å². The molecule has 0 bridgehead atoms. The largest absolute Gasteiger partial charge is 0.465 e. The molecule has 0 atom stereocenters. The highest BCUT2D eigenvalue weighted by atomic mass is 16.5. The van der Waals surface area contributed by atoms with E-state index in [2.05, 4.69) is 6.58 Å². The molecule has 0 aliphatic heterocycles. The summed E-state index contributed by atoms with van der Waals surface area (Å²) < 4.78 is 5.41. The number of para-hydroxylation sites is 1. The van der Waals surface area contributed by atoms with Gasteiger partial charge >= 0.3 is 0 Å². The average Bonchev–Trinajstić information content (AvgIpc) is 2.15. The zero-order valence-corrected chi connectivity index (χ0v) is 8.08. The summed E-state index contributed by atoms with van der Waals surface area (Å²) in [5.74, 6) is 0.850. The molecule has 0 radical (unpaired) electrons. The molecular weight excluding hydrogens is 160 g/mol. The highest BCUT2D eigenvalue weighted by Gasteiger charge is 1.90. The van der Waals surface area contributed by atoms with Crippen molar-refractivity contribution in [3.63, 3.8) is 0 Å². The first kappa shape index (κ1) is 9.59. The predicted octanol–water partition coefficient (Wildman–Crippen LogP) is 3.55. The Bertz CT molecular complexity index is 309. The quantitative estimate of drug-likeness (QED) is 0.503.